The van der Waals surface area contributed by atoms with Gasteiger partial charge in [-0.15, -0.1) is 0 Å². The van der Waals surface area contributed by atoms with Gasteiger partial charge in [0.05, 0.1) is 6.61 Å². The average Bonchev–Trinajstić information content (AvgIpc) is 2.83. The third-order valence-electron chi connectivity index (χ3n) is 5.18. The number of carbonyl (C=O) groups is 2. The summed E-state index contributed by atoms with van der Waals surface area (Å²) in [5, 5.41) is 7.82. The molecule has 2 N–H and O–H groups in total. The molecule has 0 spiro atoms. The number of carbonyl (C=O) groups excluding carboxylic acids is 2. The van der Waals surface area contributed by atoms with Crippen molar-refractivity contribution >= 4 is 34.0 Å². The number of ether oxygens (including phenoxy) is 2. The van der Waals surface area contributed by atoms with E-state index in [0.717, 1.165) is 22.1 Å². The predicted molar refractivity (Wildman–Crippen MR) is 135 cm³/mol. The topological polar surface area (TPSA) is 76.7 Å². The van der Waals surface area contributed by atoms with Crippen molar-refractivity contribution in [2.24, 2.45) is 0 Å². The molecule has 0 aliphatic heterocycles. The van der Waals surface area contributed by atoms with Gasteiger partial charge in [0.25, 0.3) is 5.91 Å². The second-order valence-electron chi connectivity index (χ2n) is 7.77. The van der Waals surface area contributed by atoms with E-state index in [2.05, 4.69) is 16.7 Å². The summed E-state index contributed by atoms with van der Waals surface area (Å²) in [7, 11) is 0. The lowest BCUT2D eigenvalue weighted by Gasteiger charge is -2.14. The lowest BCUT2D eigenvalue weighted by molar-refractivity contribution is -0.114. The minimum absolute atomic E-state index is 0.175. The van der Waals surface area contributed by atoms with Crippen LogP contribution in [0.25, 0.3) is 10.8 Å². The van der Waals surface area contributed by atoms with Gasteiger partial charge in [-0.2, -0.15) is 0 Å². The van der Waals surface area contributed by atoms with Crippen molar-refractivity contribution in [3.8, 4) is 11.5 Å². The number of amides is 2. The number of hydrogen-bond acceptors (Lipinski definition) is 4. The highest BCUT2D eigenvalue weighted by Crippen LogP contribution is 2.26. The van der Waals surface area contributed by atoms with E-state index in [0.29, 0.717) is 29.3 Å². The molecule has 0 bridgehead atoms. The minimum atomic E-state index is -0.269. The van der Waals surface area contributed by atoms with Crippen molar-refractivity contribution < 1.29 is 19.1 Å². The summed E-state index contributed by atoms with van der Waals surface area (Å²) in [6, 6.07) is 26.3. The van der Waals surface area contributed by atoms with E-state index >= 15 is 0 Å². The van der Waals surface area contributed by atoms with Crippen LogP contribution in [-0.2, 0) is 11.4 Å². The van der Waals surface area contributed by atoms with Crippen molar-refractivity contribution in [3.05, 3.63) is 96.1 Å². The summed E-state index contributed by atoms with van der Waals surface area (Å²) in [5.41, 5.74) is 2.45. The number of fused-ring (bicyclic) bond motifs is 1. The standard InChI is InChI=1S/C28H26N2O4/c1-3-33-27-14-12-22(28(32)30-25-10-6-9-24(17-25)29-19(2)31)15-23(27)18-34-26-13-11-20-7-4-5-8-21(20)16-26/h4-17H,3,18H2,1-2H3,(H,29,31)(H,30,32). The molecular weight excluding hydrogens is 428 g/mol. The number of nitrogens with one attached hydrogen (secondary N) is 2. The first-order valence-corrected chi connectivity index (χ1v) is 11.1. The third kappa shape index (κ3) is 5.72. The monoisotopic (exact) mass is 454 g/mol. The van der Waals surface area contributed by atoms with Crippen LogP contribution in [0.1, 0.15) is 29.8 Å². The minimum Gasteiger partial charge on any atom is -0.493 e. The maximum absolute atomic E-state index is 12.9. The highest BCUT2D eigenvalue weighted by molar-refractivity contribution is 6.05. The quantitative estimate of drug-likeness (QED) is 0.341. The molecule has 0 fully saturated rings. The van der Waals surface area contributed by atoms with Crippen LogP contribution < -0.4 is 20.1 Å². The molecule has 0 aromatic heterocycles. The summed E-state index contributed by atoms with van der Waals surface area (Å²) in [6.07, 6.45) is 0. The number of benzene rings is 4. The molecule has 0 radical (unpaired) electrons. The van der Waals surface area contributed by atoms with Gasteiger partial charge in [0, 0.05) is 29.4 Å². The van der Waals surface area contributed by atoms with Gasteiger partial charge >= 0.3 is 0 Å². The molecule has 0 heterocycles. The van der Waals surface area contributed by atoms with E-state index in [-0.39, 0.29) is 18.4 Å². The van der Waals surface area contributed by atoms with Gasteiger partial charge in [-0.1, -0.05) is 36.4 Å². The van der Waals surface area contributed by atoms with Crippen LogP contribution in [0.3, 0.4) is 0 Å². The van der Waals surface area contributed by atoms with Crippen molar-refractivity contribution in [2.75, 3.05) is 17.2 Å². The Labute approximate surface area is 198 Å². The third-order valence-corrected chi connectivity index (χ3v) is 5.18. The van der Waals surface area contributed by atoms with Crippen molar-refractivity contribution in [3.63, 3.8) is 0 Å². The fourth-order valence-corrected chi connectivity index (χ4v) is 3.63. The zero-order valence-corrected chi connectivity index (χ0v) is 19.1. The molecule has 4 aromatic rings. The van der Waals surface area contributed by atoms with Crippen molar-refractivity contribution in [1.29, 1.82) is 0 Å². The zero-order chi connectivity index (χ0) is 23.9. The second-order valence-corrected chi connectivity index (χ2v) is 7.77. The van der Waals surface area contributed by atoms with E-state index < -0.39 is 0 Å². The summed E-state index contributed by atoms with van der Waals surface area (Å²) in [4.78, 5) is 24.2. The van der Waals surface area contributed by atoms with E-state index in [1.54, 1.807) is 42.5 Å². The van der Waals surface area contributed by atoms with Gasteiger partial charge < -0.3 is 20.1 Å². The smallest absolute Gasteiger partial charge is 0.255 e. The Hall–Kier alpha value is -4.32. The number of rotatable bonds is 8. The molecule has 0 saturated heterocycles. The van der Waals surface area contributed by atoms with Crippen LogP contribution in [0.15, 0.2) is 84.9 Å². The SMILES string of the molecule is CCOc1ccc(C(=O)Nc2cccc(NC(C)=O)c2)cc1COc1ccc2ccccc2c1. The first-order chi connectivity index (χ1) is 16.5. The Balaban J connectivity index is 1.51. The highest BCUT2D eigenvalue weighted by Gasteiger charge is 2.12. The average molecular weight is 455 g/mol. The van der Waals surface area contributed by atoms with E-state index in [9.17, 15) is 9.59 Å². The van der Waals surface area contributed by atoms with Gasteiger partial charge in [-0.25, -0.2) is 0 Å². The summed E-state index contributed by atoms with van der Waals surface area (Å²) in [5.74, 6) is 0.972. The molecule has 2 amide bonds. The second kappa shape index (κ2) is 10.5. The van der Waals surface area contributed by atoms with Crippen LogP contribution in [0.5, 0.6) is 11.5 Å². The maximum Gasteiger partial charge on any atom is 0.255 e. The van der Waals surface area contributed by atoms with Crippen molar-refractivity contribution in [1.82, 2.24) is 0 Å². The van der Waals surface area contributed by atoms with Gasteiger partial charge in [0.2, 0.25) is 5.91 Å². The van der Waals surface area contributed by atoms with E-state index in [4.69, 9.17) is 9.47 Å². The molecule has 0 aliphatic rings. The van der Waals surface area contributed by atoms with Crippen LogP contribution in [0, 0.1) is 0 Å². The van der Waals surface area contributed by atoms with Crippen molar-refractivity contribution in [2.45, 2.75) is 20.5 Å². The molecule has 6 heteroatoms. The Morgan fingerprint density at radius 1 is 0.765 bits per heavy atom. The predicted octanol–water partition coefficient (Wildman–Crippen LogP) is 6.03. The normalized spacial score (nSPS) is 10.5. The Morgan fingerprint density at radius 3 is 2.29 bits per heavy atom. The lowest BCUT2D eigenvalue weighted by atomic mass is 10.1. The van der Waals surface area contributed by atoms with Crippen LogP contribution >= 0.6 is 0 Å². The maximum atomic E-state index is 12.9. The number of hydrogen-bond donors (Lipinski definition) is 2. The molecule has 0 aliphatic carbocycles. The van der Waals surface area contributed by atoms with Gasteiger partial charge in [0.1, 0.15) is 18.1 Å². The molecular formula is C28H26N2O4. The Bertz CT molecular complexity index is 1330. The molecule has 6 nitrogen and oxygen atoms in total. The molecule has 4 aromatic carbocycles. The Morgan fingerprint density at radius 2 is 1.53 bits per heavy atom. The van der Waals surface area contributed by atoms with E-state index in [1.165, 1.54) is 6.92 Å². The molecule has 0 saturated carbocycles. The Kier molecular flexibility index (Phi) is 7.08. The van der Waals surface area contributed by atoms with Crippen LogP contribution in [0.2, 0.25) is 0 Å². The van der Waals surface area contributed by atoms with E-state index in [1.807, 2.05) is 43.3 Å². The van der Waals surface area contributed by atoms with Gasteiger partial charge in [0.15, 0.2) is 0 Å². The number of anilines is 2. The summed E-state index contributed by atoms with van der Waals surface area (Å²) in [6.45, 7) is 4.11. The van der Waals surface area contributed by atoms with Gasteiger partial charge in [-0.3, -0.25) is 9.59 Å². The highest BCUT2D eigenvalue weighted by atomic mass is 16.5. The molecule has 0 unspecified atom stereocenters. The fraction of sp³-hybridized carbons (Fsp3) is 0.143. The first kappa shape index (κ1) is 22.9. The van der Waals surface area contributed by atoms with Gasteiger partial charge in [-0.05, 0) is 66.2 Å². The summed E-state index contributed by atoms with van der Waals surface area (Å²) >= 11 is 0. The molecule has 34 heavy (non-hydrogen) atoms. The van der Waals surface area contributed by atoms with Crippen LogP contribution in [0.4, 0.5) is 11.4 Å². The van der Waals surface area contributed by atoms with Crippen LogP contribution in [-0.4, -0.2) is 18.4 Å². The largest absolute Gasteiger partial charge is 0.493 e. The fourth-order valence-electron chi connectivity index (χ4n) is 3.63. The molecule has 4 rings (SSSR count). The zero-order valence-electron chi connectivity index (χ0n) is 19.1. The summed E-state index contributed by atoms with van der Waals surface area (Å²) < 4.78 is 11.8. The lowest BCUT2D eigenvalue weighted by Crippen LogP contribution is -2.13. The molecule has 0 atom stereocenters. The first-order valence-electron chi connectivity index (χ1n) is 11.1. The molecule has 172 valence electrons.